The number of nitrogens with zero attached hydrogens (tertiary/aromatic N) is 4. The Balaban J connectivity index is 1.66. The second kappa shape index (κ2) is 9.86. The molecule has 10 heteroatoms. The van der Waals surface area contributed by atoms with E-state index in [0.29, 0.717) is 23.3 Å². The van der Waals surface area contributed by atoms with Crippen LogP contribution in [0.15, 0.2) is 64.3 Å². The Morgan fingerprint density at radius 1 is 1.21 bits per heavy atom. The monoisotopic (exact) mass is 467 g/mol. The van der Waals surface area contributed by atoms with Gasteiger partial charge in [0.2, 0.25) is 11.8 Å². The highest BCUT2D eigenvalue weighted by Crippen LogP contribution is 2.32. The minimum absolute atomic E-state index is 0.260. The van der Waals surface area contributed by atoms with E-state index in [2.05, 4.69) is 20.7 Å². The summed E-state index contributed by atoms with van der Waals surface area (Å²) in [6.45, 7) is 5.95. The van der Waals surface area contributed by atoms with E-state index in [1.807, 2.05) is 31.2 Å². The summed E-state index contributed by atoms with van der Waals surface area (Å²) in [7, 11) is 0. The summed E-state index contributed by atoms with van der Waals surface area (Å²) >= 11 is 1.16. The van der Waals surface area contributed by atoms with Crippen molar-refractivity contribution < 1.29 is 18.4 Å². The first-order valence-electron chi connectivity index (χ1n) is 10.3. The molecule has 170 valence electrons. The number of carbonyl (C=O) groups excluding carboxylic acids is 1. The zero-order valence-corrected chi connectivity index (χ0v) is 19.1. The van der Waals surface area contributed by atoms with Crippen LogP contribution in [0, 0.1) is 12.7 Å². The molecule has 1 N–H and O–H groups in total. The van der Waals surface area contributed by atoms with Gasteiger partial charge in [0.25, 0.3) is 0 Å². The molecule has 2 aromatic carbocycles. The Labute approximate surface area is 194 Å². The second-order valence-electron chi connectivity index (χ2n) is 7.13. The van der Waals surface area contributed by atoms with E-state index >= 15 is 0 Å². The number of ether oxygens (including phenoxy) is 1. The van der Waals surface area contributed by atoms with E-state index < -0.39 is 11.1 Å². The number of amides is 1. The second-order valence-corrected chi connectivity index (χ2v) is 8.44. The maximum atomic E-state index is 14.8. The highest BCUT2D eigenvalue weighted by atomic mass is 32.2. The van der Waals surface area contributed by atoms with Crippen LogP contribution in [0.25, 0.3) is 17.1 Å². The van der Waals surface area contributed by atoms with Crippen molar-refractivity contribution in [3.63, 3.8) is 0 Å². The van der Waals surface area contributed by atoms with Crippen LogP contribution >= 0.6 is 11.8 Å². The lowest BCUT2D eigenvalue weighted by atomic mass is 10.2. The predicted octanol–water partition coefficient (Wildman–Crippen LogP) is 4.89. The van der Waals surface area contributed by atoms with Crippen molar-refractivity contribution in [3.05, 3.63) is 66.1 Å². The number of anilines is 1. The molecule has 0 radical (unpaired) electrons. The van der Waals surface area contributed by atoms with Crippen LogP contribution in [0.3, 0.4) is 0 Å². The van der Waals surface area contributed by atoms with E-state index in [4.69, 9.17) is 9.26 Å². The molecule has 4 aromatic rings. The van der Waals surface area contributed by atoms with Crippen LogP contribution in [0.1, 0.15) is 19.5 Å². The topological polar surface area (TPSA) is 95.1 Å². The van der Waals surface area contributed by atoms with Crippen LogP contribution in [0.4, 0.5) is 10.3 Å². The zero-order chi connectivity index (χ0) is 23.4. The summed E-state index contributed by atoms with van der Waals surface area (Å²) in [5.74, 6) is 0.697. The Morgan fingerprint density at radius 2 is 1.97 bits per heavy atom. The first-order chi connectivity index (χ1) is 16.0. The summed E-state index contributed by atoms with van der Waals surface area (Å²) < 4.78 is 26.9. The van der Waals surface area contributed by atoms with Crippen molar-refractivity contribution in [1.29, 1.82) is 0 Å². The van der Waals surface area contributed by atoms with E-state index in [-0.39, 0.29) is 17.5 Å². The number of benzene rings is 2. The lowest BCUT2D eigenvalue weighted by Gasteiger charge is -2.14. The van der Waals surface area contributed by atoms with Gasteiger partial charge in [0.15, 0.2) is 11.0 Å². The van der Waals surface area contributed by atoms with Gasteiger partial charge >= 0.3 is 0 Å². The van der Waals surface area contributed by atoms with Gasteiger partial charge in [0.05, 0.1) is 23.2 Å². The number of aryl methyl sites for hydroxylation is 1. The van der Waals surface area contributed by atoms with Crippen molar-refractivity contribution in [3.8, 4) is 22.8 Å². The van der Waals surface area contributed by atoms with E-state index in [1.54, 1.807) is 42.7 Å². The molecule has 2 aromatic heterocycles. The first kappa shape index (κ1) is 22.5. The van der Waals surface area contributed by atoms with Crippen LogP contribution in [0.2, 0.25) is 0 Å². The van der Waals surface area contributed by atoms with Gasteiger partial charge < -0.3 is 9.26 Å². The number of rotatable bonds is 8. The lowest BCUT2D eigenvalue weighted by molar-refractivity contribution is -0.115. The van der Waals surface area contributed by atoms with Gasteiger partial charge in [-0.1, -0.05) is 29.1 Å². The van der Waals surface area contributed by atoms with Gasteiger partial charge in [-0.05, 0) is 57.2 Å². The quantitative estimate of drug-likeness (QED) is 0.369. The lowest BCUT2D eigenvalue weighted by Crippen LogP contribution is -2.22. The summed E-state index contributed by atoms with van der Waals surface area (Å²) in [6, 6.07) is 15.3. The number of hydrogen-bond donors (Lipinski definition) is 1. The third kappa shape index (κ3) is 5.06. The number of para-hydroxylation sites is 1. The van der Waals surface area contributed by atoms with Crippen molar-refractivity contribution in [2.45, 2.75) is 31.2 Å². The number of thioether (sulfide) groups is 1. The average Bonchev–Trinajstić information content (AvgIpc) is 3.40. The highest BCUT2D eigenvalue weighted by Gasteiger charge is 2.24. The third-order valence-electron chi connectivity index (χ3n) is 4.68. The van der Waals surface area contributed by atoms with E-state index in [1.165, 1.54) is 6.07 Å². The molecule has 1 amide bonds. The molecule has 0 aliphatic heterocycles. The van der Waals surface area contributed by atoms with Crippen molar-refractivity contribution in [2.24, 2.45) is 0 Å². The molecule has 1 atom stereocenters. The summed E-state index contributed by atoms with van der Waals surface area (Å²) in [5.41, 5.74) is 1.67. The number of halogens is 1. The molecule has 1 unspecified atom stereocenters. The number of aromatic nitrogens is 4. The molecule has 8 nitrogen and oxygen atoms in total. The molecule has 0 saturated carbocycles. The highest BCUT2D eigenvalue weighted by molar-refractivity contribution is 8.00. The van der Waals surface area contributed by atoms with Crippen LogP contribution in [-0.4, -0.2) is 37.7 Å². The molecule has 0 spiro atoms. The van der Waals surface area contributed by atoms with Crippen molar-refractivity contribution >= 4 is 23.6 Å². The SMILES string of the molecule is CCOc1ccc(-c2nnc(SC(C)C(=O)Nc3cc(C)no3)n2-c2ccccc2F)cc1. The van der Waals surface area contributed by atoms with Gasteiger partial charge in [0.1, 0.15) is 11.6 Å². The van der Waals surface area contributed by atoms with Crippen molar-refractivity contribution in [1.82, 2.24) is 19.9 Å². The van der Waals surface area contributed by atoms with Crippen LogP contribution in [0.5, 0.6) is 5.75 Å². The molecule has 0 aliphatic carbocycles. The minimum Gasteiger partial charge on any atom is -0.494 e. The van der Waals surface area contributed by atoms with Gasteiger partial charge in [-0.3, -0.25) is 14.7 Å². The molecule has 0 fully saturated rings. The summed E-state index contributed by atoms with van der Waals surface area (Å²) in [5, 5.41) is 14.8. The normalized spacial score (nSPS) is 11.9. The van der Waals surface area contributed by atoms with Crippen LogP contribution in [-0.2, 0) is 4.79 Å². The zero-order valence-electron chi connectivity index (χ0n) is 18.3. The minimum atomic E-state index is -0.571. The van der Waals surface area contributed by atoms with Gasteiger partial charge in [-0.25, -0.2) is 4.39 Å². The fourth-order valence-electron chi connectivity index (χ4n) is 3.11. The third-order valence-corrected chi connectivity index (χ3v) is 5.72. The molecule has 33 heavy (non-hydrogen) atoms. The number of nitrogens with one attached hydrogen (secondary N) is 1. The largest absolute Gasteiger partial charge is 0.494 e. The van der Waals surface area contributed by atoms with E-state index in [0.717, 1.165) is 23.1 Å². The van der Waals surface area contributed by atoms with Crippen LogP contribution < -0.4 is 10.1 Å². The molecule has 2 heterocycles. The Hall–Kier alpha value is -3.66. The predicted molar refractivity (Wildman–Crippen MR) is 123 cm³/mol. The van der Waals surface area contributed by atoms with Crippen molar-refractivity contribution in [2.75, 3.05) is 11.9 Å². The molecule has 0 aliphatic rings. The Morgan fingerprint density at radius 3 is 2.64 bits per heavy atom. The molecular weight excluding hydrogens is 445 g/mol. The van der Waals surface area contributed by atoms with Gasteiger partial charge in [-0.2, -0.15) is 0 Å². The number of hydrogen-bond acceptors (Lipinski definition) is 7. The fourth-order valence-corrected chi connectivity index (χ4v) is 3.97. The smallest absolute Gasteiger partial charge is 0.240 e. The Kier molecular flexibility index (Phi) is 6.74. The standard InChI is InChI=1S/C23H22FN5O3S/c1-4-31-17-11-9-16(10-12-17)21-26-27-23(29(21)19-8-6-5-7-18(19)24)33-15(3)22(30)25-20-13-14(2)28-32-20/h5-13,15H,4H2,1-3H3,(H,25,30). The van der Waals surface area contributed by atoms with Gasteiger partial charge in [0, 0.05) is 11.6 Å². The summed E-state index contributed by atoms with van der Waals surface area (Å²) in [6.07, 6.45) is 0. The maximum Gasteiger partial charge on any atom is 0.240 e. The average molecular weight is 468 g/mol. The molecule has 4 rings (SSSR count). The molecule has 0 bridgehead atoms. The fraction of sp³-hybridized carbons (Fsp3) is 0.217. The molecule has 0 saturated heterocycles. The molecular formula is C23H22FN5O3S. The maximum absolute atomic E-state index is 14.8. The Bertz CT molecular complexity index is 1260. The summed E-state index contributed by atoms with van der Waals surface area (Å²) in [4.78, 5) is 12.7. The van der Waals surface area contributed by atoms with E-state index in [9.17, 15) is 9.18 Å². The van der Waals surface area contributed by atoms with Gasteiger partial charge in [-0.15, -0.1) is 10.2 Å². The number of carbonyl (C=O) groups is 1. The first-order valence-corrected chi connectivity index (χ1v) is 11.2.